The molecule has 4 amide bonds. The molecule has 80 heavy (non-hydrogen) atoms. The van der Waals surface area contributed by atoms with Crippen LogP contribution in [0.25, 0.3) is 28.1 Å². The Morgan fingerprint density at radius 1 is 0.875 bits per heavy atom. The van der Waals surface area contributed by atoms with Crippen LogP contribution in [0.15, 0.2) is 97.6 Å². The van der Waals surface area contributed by atoms with Crippen LogP contribution in [0.1, 0.15) is 90.1 Å². The summed E-state index contributed by atoms with van der Waals surface area (Å²) in [5.41, 5.74) is 13.1. The van der Waals surface area contributed by atoms with Crippen LogP contribution in [0.3, 0.4) is 0 Å². The van der Waals surface area contributed by atoms with Crippen molar-refractivity contribution in [1.29, 1.82) is 0 Å². The summed E-state index contributed by atoms with van der Waals surface area (Å²) in [5, 5.41) is 21.3. The fraction of sp³-hybridized carbons (Fsp3) is 0.373. The largest absolute Gasteiger partial charge is 0.384 e. The van der Waals surface area contributed by atoms with E-state index >= 15 is 4.39 Å². The first-order valence-corrected chi connectivity index (χ1v) is 27.5. The molecule has 0 saturated carbocycles. The van der Waals surface area contributed by atoms with Crippen molar-refractivity contribution in [3.63, 3.8) is 0 Å². The highest BCUT2D eigenvalue weighted by Gasteiger charge is 2.45. The molecular weight excluding hydrogens is 1020 g/mol. The number of likely N-dealkylation sites (tertiary alicyclic amines) is 1. The summed E-state index contributed by atoms with van der Waals surface area (Å²) in [6.45, 7) is 8.97. The van der Waals surface area contributed by atoms with Crippen molar-refractivity contribution in [2.45, 2.75) is 76.7 Å². The van der Waals surface area contributed by atoms with Gasteiger partial charge in [0, 0.05) is 137 Å². The summed E-state index contributed by atoms with van der Waals surface area (Å²) in [5.74, 6) is 7.08. The van der Waals surface area contributed by atoms with E-state index in [0.717, 1.165) is 97.0 Å². The van der Waals surface area contributed by atoms with Gasteiger partial charge in [0.15, 0.2) is 11.9 Å². The molecule has 2 aromatic carbocycles. The maximum absolute atomic E-state index is 15.9. The molecule has 12 rings (SSSR count). The smallest absolute Gasteiger partial charge is 0.259 e. The van der Waals surface area contributed by atoms with Gasteiger partial charge >= 0.3 is 0 Å². The number of nitrogens with two attached hydrogens (primary N) is 1. The quantitative estimate of drug-likeness (QED) is 0.0861. The lowest BCUT2D eigenvalue weighted by atomic mass is 9.93. The SMILES string of the molecule is Cc1nc2ccc(-c3ccnc(N)c3)nc2n1-c1ccc(N2CCN(CCC#Cc3ccc(N4CCC(C(=O)N5CCC(n6cc(CNc7cccc8c7C(=O)N(C7CCC(=O)NC7=O)C8O)cn6)CC5)CC4)nc3)CC2)c(F)c1. The maximum Gasteiger partial charge on any atom is 0.259 e. The number of imide groups is 1. The molecule has 7 aromatic rings. The van der Waals surface area contributed by atoms with Gasteiger partial charge in [0.05, 0.1) is 34.9 Å². The number of halogens is 1. The summed E-state index contributed by atoms with van der Waals surface area (Å²) in [6, 6.07) is 21.2. The Kier molecular flexibility index (Phi) is 14.4. The number of nitrogens with zero attached hydrogens (tertiary/aromatic N) is 12. The Balaban J connectivity index is 0.561. The molecule has 4 saturated heterocycles. The lowest BCUT2D eigenvalue weighted by Crippen LogP contribution is -2.53. The highest BCUT2D eigenvalue weighted by molar-refractivity contribution is 6.08. The molecule has 5 N–H and O–H groups in total. The Bertz CT molecular complexity index is 3570. The highest BCUT2D eigenvalue weighted by Crippen LogP contribution is 2.39. The van der Waals surface area contributed by atoms with Gasteiger partial charge in [-0.15, -0.1) is 0 Å². The van der Waals surface area contributed by atoms with E-state index in [9.17, 15) is 24.3 Å². The zero-order valence-corrected chi connectivity index (χ0v) is 44.5. The number of imidazole rings is 1. The van der Waals surface area contributed by atoms with E-state index in [0.29, 0.717) is 84.6 Å². The number of nitrogen functional groups attached to an aromatic ring is 1. The van der Waals surface area contributed by atoms with Crippen molar-refractivity contribution in [2.75, 3.05) is 79.8 Å². The van der Waals surface area contributed by atoms with Crippen LogP contribution in [-0.4, -0.2) is 143 Å². The first-order chi connectivity index (χ1) is 38.9. The van der Waals surface area contributed by atoms with E-state index in [1.807, 2.05) is 75.9 Å². The number of piperazine rings is 1. The summed E-state index contributed by atoms with van der Waals surface area (Å²) in [6.07, 6.45) is 10.1. The molecule has 2 atom stereocenters. The normalized spacial score (nSPS) is 19.3. The monoisotopic (exact) mass is 1080 g/mol. The molecule has 5 aliphatic rings. The minimum Gasteiger partial charge on any atom is -0.384 e. The Labute approximate surface area is 461 Å². The van der Waals surface area contributed by atoms with Gasteiger partial charge in [-0.1, -0.05) is 24.0 Å². The number of pyridine rings is 3. The molecule has 0 aliphatic carbocycles. The lowest BCUT2D eigenvalue weighted by molar-refractivity contribution is -0.140. The van der Waals surface area contributed by atoms with E-state index in [1.54, 1.807) is 42.7 Å². The molecule has 0 bridgehead atoms. The number of nitrogens with one attached hydrogen (secondary N) is 2. The number of fused-ring (bicyclic) bond motifs is 2. The Hall–Kier alpha value is -8.74. The van der Waals surface area contributed by atoms with Crippen LogP contribution in [-0.2, 0) is 20.9 Å². The number of carbonyl (C=O) groups excluding carboxylic acids is 4. The molecule has 5 aromatic heterocycles. The third kappa shape index (κ3) is 10.5. The first-order valence-electron chi connectivity index (χ1n) is 27.5. The Morgan fingerprint density at radius 2 is 1.70 bits per heavy atom. The van der Waals surface area contributed by atoms with Crippen LogP contribution < -0.4 is 26.2 Å². The number of aliphatic hydroxyl groups excluding tert-OH is 1. The number of carbonyl (C=O) groups is 4. The number of aliphatic hydroxyl groups is 1. The third-order valence-electron chi connectivity index (χ3n) is 16.3. The van der Waals surface area contributed by atoms with E-state index in [4.69, 9.17) is 20.7 Å². The molecule has 0 spiro atoms. The van der Waals surface area contributed by atoms with Crippen molar-refractivity contribution < 1.29 is 28.7 Å². The maximum atomic E-state index is 15.9. The molecule has 5 aliphatic heterocycles. The number of benzene rings is 2. The molecule has 410 valence electrons. The van der Waals surface area contributed by atoms with Crippen LogP contribution in [0.2, 0.25) is 0 Å². The van der Waals surface area contributed by atoms with E-state index < -0.39 is 30.0 Å². The summed E-state index contributed by atoms with van der Waals surface area (Å²) >= 11 is 0. The van der Waals surface area contributed by atoms with Gasteiger partial charge in [0.2, 0.25) is 17.7 Å². The molecule has 20 nitrogen and oxygen atoms in total. The number of piperidine rings is 3. The molecular formula is C59H62FN15O5. The fourth-order valence-electron chi connectivity index (χ4n) is 11.9. The van der Waals surface area contributed by atoms with E-state index in [2.05, 4.69) is 47.3 Å². The zero-order chi connectivity index (χ0) is 55.0. The Morgan fingerprint density at radius 3 is 2.46 bits per heavy atom. The summed E-state index contributed by atoms with van der Waals surface area (Å²) in [4.78, 5) is 80.0. The standard InChI is InChI=1S/C59H62FN15O5/c1-37-66-48-11-10-46(41-16-21-62-51(61)31-41)67-55(48)74(37)43-9-12-49(45(60)32-43)70-29-27-69(28-30-70)22-3-2-5-38-8-14-52(64-33-38)71-23-17-40(18-24-71)57(78)72-25-19-42(20-26-72)73-36-39(35-65-73)34-63-47-7-4-6-44-54(47)59(80)75(58(44)79)50-13-15-53(76)68-56(50)77/h4,6-12,14,16,21,31-33,35-36,40,42,50,58,63,79H,3,13,15,17-20,22-30,34H2,1H3,(H2,61,62)(H,68,76,77). The number of amides is 4. The van der Waals surface area contributed by atoms with Gasteiger partial charge in [-0.25, -0.2) is 24.3 Å². The van der Waals surface area contributed by atoms with Crippen LogP contribution >= 0.6 is 0 Å². The fourth-order valence-corrected chi connectivity index (χ4v) is 11.9. The van der Waals surface area contributed by atoms with Crippen molar-refractivity contribution in [3.05, 3.63) is 131 Å². The second-order valence-corrected chi connectivity index (χ2v) is 21.2. The van der Waals surface area contributed by atoms with Gasteiger partial charge in [0.1, 0.15) is 34.8 Å². The van der Waals surface area contributed by atoms with Gasteiger partial charge in [-0.3, -0.25) is 43.5 Å². The second-order valence-electron chi connectivity index (χ2n) is 21.2. The molecule has 0 radical (unpaired) electrons. The summed E-state index contributed by atoms with van der Waals surface area (Å²) in [7, 11) is 0. The minimum atomic E-state index is -1.30. The third-order valence-corrected chi connectivity index (χ3v) is 16.3. The predicted molar refractivity (Wildman–Crippen MR) is 299 cm³/mol. The van der Waals surface area contributed by atoms with Gasteiger partial charge in [0.25, 0.3) is 5.91 Å². The minimum absolute atomic E-state index is 0.0259. The average molecular weight is 1080 g/mol. The topological polar surface area (TPSA) is 229 Å². The van der Waals surface area contributed by atoms with Gasteiger partial charge in [-0.05, 0) is 93.6 Å². The zero-order valence-electron chi connectivity index (χ0n) is 44.5. The number of anilines is 4. The number of aromatic nitrogens is 7. The van der Waals surface area contributed by atoms with E-state index in [1.165, 1.54) is 0 Å². The van der Waals surface area contributed by atoms with Crippen molar-refractivity contribution in [3.8, 4) is 28.8 Å². The molecule has 4 fully saturated rings. The highest BCUT2D eigenvalue weighted by atomic mass is 19.1. The average Bonchev–Trinajstić information content (AvgIpc) is 4.17. The number of hydrogen-bond acceptors (Lipinski definition) is 15. The van der Waals surface area contributed by atoms with Crippen LogP contribution in [0.5, 0.6) is 0 Å². The van der Waals surface area contributed by atoms with Crippen molar-refractivity contribution in [1.82, 2.24) is 54.3 Å². The summed E-state index contributed by atoms with van der Waals surface area (Å²) < 4.78 is 19.7. The molecule has 21 heteroatoms. The predicted octanol–water partition coefficient (Wildman–Crippen LogP) is 5.61. The van der Waals surface area contributed by atoms with Gasteiger partial charge < -0.3 is 30.9 Å². The van der Waals surface area contributed by atoms with Gasteiger partial charge in [-0.2, -0.15) is 5.10 Å². The molecule has 2 unspecified atom stereocenters. The lowest BCUT2D eigenvalue weighted by Gasteiger charge is -2.37. The van der Waals surface area contributed by atoms with Crippen LogP contribution in [0, 0.1) is 30.5 Å². The number of aryl methyl sites for hydroxylation is 1. The van der Waals surface area contributed by atoms with Crippen molar-refractivity contribution in [2.24, 2.45) is 5.92 Å². The van der Waals surface area contributed by atoms with Crippen LogP contribution in [0.4, 0.5) is 27.4 Å². The van der Waals surface area contributed by atoms with E-state index in [-0.39, 0.29) is 36.5 Å². The van der Waals surface area contributed by atoms with Crippen molar-refractivity contribution >= 4 is 57.8 Å². The first kappa shape index (κ1) is 52.0. The second kappa shape index (κ2) is 22.2. The number of rotatable bonds is 12. The number of hydrogen-bond donors (Lipinski definition) is 4. The molecule has 10 heterocycles.